The van der Waals surface area contributed by atoms with Crippen molar-refractivity contribution in [1.82, 2.24) is 10.2 Å². The molecule has 0 aliphatic carbocycles. The molecule has 1 fully saturated rings. The minimum absolute atomic E-state index is 0.434. The first-order chi connectivity index (χ1) is 10.2. The van der Waals surface area contributed by atoms with Crippen LogP contribution in [0.25, 0.3) is 0 Å². The molecule has 4 nitrogen and oxygen atoms in total. The Balaban J connectivity index is 0.000000322. The fraction of sp³-hybridized carbons (Fsp3) is 0.588. The maximum Gasteiger partial charge on any atom is 0.206 e. The maximum atomic E-state index is 9.06. The zero-order chi connectivity index (χ0) is 15.7. The first-order valence-corrected chi connectivity index (χ1v) is 7.85. The highest BCUT2D eigenvalue weighted by Gasteiger charge is 2.40. The van der Waals surface area contributed by atoms with E-state index < -0.39 is 0 Å². The van der Waals surface area contributed by atoms with E-state index in [4.69, 9.17) is 4.79 Å². The number of rotatable bonds is 1. The molecule has 4 heteroatoms. The number of hydrogen-bond acceptors (Lipinski definition) is 3. The van der Waals surface area contributed by atoms with Crippen molar-refractivity contribution >= 4 is 12.1 Å². The summed E-state index contributed by atoms with van der Waals surface area (Å²) in [4.78, 5) is 11.5. The Kier molecular flexibility index (Phi) is 7.23. The van der Waals surface area contributed by atoms with Gasteiger partial charge in [-0.15, -0.1) is 0 Å². The van der Waals surface area contributed by atoms with Crippen LogP contribution in [-0.2, 0) is 10.2 Å². The molecule has 1 spiro atoms. The summed E-state index contributed by atoms with van der Waals surface area (Å²) >= 11 is 0. The van der Waals surface area contributed by atoms with Crippen LogP contribution in [0.3, 0.4) is 0 Å². The van der Waals surface area contributed by atoms with Gasteiger partial charge in [-0.3, -0.25) is 4.79 Å². The van der Waals surface area contributed by atoms with Crippen LogP contribution in [-0.4, -0.2) is 45.0 Å². The standard InChI is InChI=1S/C13H18N2.C2H5NO.C2H6/c1-15-8-6-13(7-9-15)10-14-12-5-3-2-4-11(12)13;1-3-2-4;1-2/h2-5,14H,6-10H2,1H3;2H,1H3,(H,3,4);1-2H3. The van der Waals surface area contributed by atoms with Gasteiger partial charge in [0.15, 0.2) is 0 Å². The van der Waals surface area contributed by atoms with Gasteiger partial charge >= 0.3 is 0 Å². The number of nitrogens with one attached hydrogen (secondary N) is 2. The van der Waals surface area contributed by atoms with Crippen molar-refractivity contribution in [3.63, 3.8) is 0 Å². The molecule has 1 aromatic rings. The van der Waals surface area contributed by atoms with E-state index >= 15 is 0 Å². The SMILES string of the molecule is CC.CN1CCC2(CC1)CNc1ccccc12.CNC=O. The number of nitrogens with zero attached hydrogens (tertiary/aromatic N) is 1. The van der Waals surface area contributed by atoms with Crippen molar-refractivity contribution in [3.05, 3.63) is 29.8 Å². The molecule has 0 aromatic heterocycles. The normalized spacial score (nSPS) is 18.3. The van der Waals surface area contributed by atoms with E-state index in [9.17, 15) is 0 Å². The molecule has 0 radical (unpaired) electrons. The number of carbonyl (C=O) groups is 1. The van der Waals surface area contributed by atoms with Crippen LogP contribution in [0, 0.1) is 0 Å². The summed E-state index contributed by atoms with van der Waals surface area (Å²) in [5, 5.41) is 5.81. The van der Waals surface area contributed by atoms with Gasteiger partial charge in [-0.05, 0) is 44.6 Å². The lowest BCUT2D eigenvalue weighted by Gasteiger charge is -2.37. The molecule has 2 heterocycles. The van der Waals surface area contributed by atoms with Gasteiger partial charge in [0.1, 0.15) is 0 Å². The Hall–Kier alpha value is -1.55. The number of hydrogen-bond donors (Lipinski definition) is 2. The second-order valence-electron chi connectivity index (χ2n) is 5.39. The molecule has 21 heavy (non-hydrogen) atoms. The van der Waals surface area contributed by atoms with E-state index in [-0.39, 0.29) is 0 Å². The molecule has 118 valence electrons. The highest BCUT2D eigenvalue weighted by atomic mass is 16.1. The van der Waals surface area contributed by atoms with Crippen molar-refractivity contribution in [3.8, 4) is 0 Å². The summed E-state index contributed by atoms with van der Waals surface area (Å²) in [5.41, 5.74) is 3.35. The number of carbonyl (C=O) groups excluding carboxylic acids is 1. The van der Waals surface area contributed by atoms with Crippen LogP contribution in [0.15, 0.2) is 24.3 Å². The molecule has 0 saturated carbocycles. The average Bonchev–Trinajstić information content (AvgIpc) is 2.92. The van der Waals surface area contributed by atoms with Crippen molar-refractivity contribution in [2.45, 2.75) is 32.1 Å². The zero-order valence-corrected chi connectivity index (χ0v) is 13.8. The van der Waals surface area contributed by atoms with E-state index in [0.717, 1.165) is 6.54 Å². The Morgan fingerprint density at radius 2 is 1.81 bits per heavy atom. The van der Waals surface area contributed by atoms with E-state index in [0.29, 0.717) is 11.8 Å². The third-order valence-electron chi connectivity index (χ3n) is 4.18. The second kappa shape index (κ2) is 8.67. The summed E-state index contributed by atoms with van der Waals surface area (Å²) in [6, 6.07) is 8.81. The molecule has 2 aliphatic heterocycles. The van der Waals surface area contributed by atoms with Crippen LogP contribution in [0.2, 0.25) is 0 Å². The summed E-state index contributed by atoms with van der Waals surface area (Å²) in [6.45, 7) is 7.60. The highest BCUT2D eigenvalue weighted by molar-refractivity contribution is 5.60. The lowest BCUT2D eigenvalue weighted by atomic mass is 9.74. The van der Waals surface area contributed by atoms with E-state index in [1.165, 1.54) is 31.6 Å². The predicted molar refractivity (Wildman–Crippen MR) is 89.8 cm³/mol. The number of piperidine rings is 1. The zero-order valence-electron chi connectivity index (χ0n) is 13.8. The Morgan fingerprint density at radius 1 is 1.24 bits per heavy atom. The lowest BCUT2D eigenvalue weighted by Crippen LogP contribution is -2.42. The van der Waals surface area contributed by atoms with Gasteiger partial charge in [-0.2, -0.15) is 0 Å². The van der Waals surface area contributed by atoms with Crippen molar-refractivity contribution in [2.24, 2.45) is 0 Å². The fourth-order valence-electron chi connectivity index (χ4n) is 2.95. The molecular formula is C17H29N3O. The minimum Gasteiger partial charge on any atom is -0.384 e. The topological polar surface area (TPSA) is 44.4 Å². The monoisotopic (exact) mass is 291 g/mol. The maximum absolute atomic E-state index is 9.06. The van der Waals surface area contributed by atoms with Gasteiger partial charge in [-0.25, -0.2) is 0 Å². The van der Waals surface area contributed by atoms with Gasteiger partial charge in [0.25, 0.3) is 0 Å². The van der Waals surface area contributed by atoms with E-state index in [2.05, 4.69) is 46.8 Å². The minimum atomic E-state index is 0.434. The van der Waals surface area contributed by atoms with Crippen molar-refractivity contribution < 1.29 is 4.79 Å². The van der Waals surface area contributed by atoms with Crippen LogP contribution < -0.4 is 10.6 Å². The predicted octanol–water partition coefficient (Wildman–Crippen LogP) is 2.46. The first kappa shape index (κ1) is 17.5. The Morgan fingerprint density at radius 3 is 2.38 bits per heavy atom. The van der Waals surface area contributed by atoms with Crippen LogP contribution in [0.4, 0.5) is 5.69 Å². The van der Waals surface area contributed by atoms with Crippen molar-refractivity contribution in [2.75, 3.05) is 39.0 Å². The average molecular weight is 291 g/mol. The van der Waals surface area contributed by atoms with Crippen LogP contribution >= 0.6 is 0 Å². The Labute approximate surface area is 128 Å². The smallest absolute Gasteiger partial charge is 0.206 e. The van der Waals surface area contributed by atoms with Crippen LogP contribution in [0.5, 0.6) is 0 Å². The number of para-hydroxylation sites is 1. The summed E-state index contributed by atoms with van der Waals surface area (Å²) < 4.78 is 0. The number of benzene rings is 1. The first-order valence-electron chi connectivity index (χ1n) is 7.85. The molecule has 0 unspecified atom stereocenters. The van der Waals surface area contributed by atoms with E-state index in [1.54, 1.807) is 12.6 Å². The lowest BCUT2D eigenvalue weighted by molar-refractivity contribution is -0.109. The summed E-state index contributed by atoms with van der Waals surface area (Å²) in [5.74, 6) is 0. The molecular weight excluding hydrogens is 262 g/mol. The van der Waals surface area contributed by atoms with Gasteiger partial charge in [0.2, 0.25) is 6.41 Å². The van der Waals surface area contributed by atoms with Gasteiger partial charge in [0.05, 0.1) is 0 Å². The molecule has 1 amide bonds. The quantitative estimate of drug-likeness (QED) is 0.781. The summed E-state index contributed by atoms with van der Waals surface area (Å²) in [7, 11) is 3.79. The van der Waals surface area contributed by atoms with Crippen LogP contribution in [0.1, 0.15) is 32.3 Å². The molecule has 2 N–H and O–H groups in total. The number of likely N-dealkylation sites (tertiary alicyclic amines) is 1. The molecule has 1 aromatic carbocycles. The number of anilines is 1. The number of fused-ring (bicyclic) bond motifs is 2. The molecule has 3 rings (SSSR count). The molecule has 2 aliphatic rings. The third-order valence-corrected chi connectivity index (χ3v) is 4.18. The summed E-state index contributed by atoms with van der Waals surface area (Å²) in [6.07, 6.45) is 3.22. The van der Waals surface area contributed by atoms with Gasteiger partial charge < -0.3 is 15.5 Å². The van der Waals surface area contributed by atoms with Gasteiger partial charge in [-0.1, -0.05) is 32.0 Å². The second-order valence-corrected chi connectivity index (χ2v) is 5.39. The molecule has 0 atom stereocenters. The number of amides is 1. The molecule has 1 saturated heterocycles. The van der Waals surface area contributed by atoms with Gasteiger partial charge in [0, 0.05) is 24.7 Å². The largest absolute Gasteiger partial charge is 0.384 e. The highest BCUT2D eigenvalue weighted by Crippen LogP contribution is 2.43. The van der Waals surface area contributed by atoms with E-state index in [1.807, 2.05) is 13.8 Å². The van der Waals surface area contributed by atoms with Crippen molar-refractivity contribution in [1.29, 1.82) is 0 Å². The Bertz CT molecular complexity index is 426. The fourth-order valence-corrected chi connectivity index (χ4v) is 2.95. The molecule has 0 bridgehead atoms. The third kappa shape index (κ3) is 4.21.